The number of nitrogens with two attached hydrogens (primary N) is 1. The van der Waals surface area contributed by atoms with E-state index in [9.17, 15) is 4.79 Å². The number of allylic oxidation sites excluding steroid dienone is 1. The molecule has 0 atom stereocenters. The summed E-state index contributed by atoms with van der Waals surface area (Å²) in [4.78, 5) is 12.5. The van der Waals surface area contributed by atoms with Crippen LogP contribution in [0.3, 0.4) is 0 Å². The van der Waals surface area contributed by atoms with Crippen molar-refractivity contribution in [2.75, 3.05) is 5.73 Å². The summed E-state index contributed by atoms with van der Waals surface area (Å²) in [7, 11) is 0. The molecule has 0 radical (unpaired) electrons. The van der Waals surface area contributed by atoms with E-state index in [2.05, 4.69) is 35.8 Å². The number of rotatable bonds is 6. The van der Waals surface area contributed by atoms with Crippen molar-refractivity contribution in [2.24, 2.45) is 5.10 Å². The molecule has 0 aliphatic rings. The van der Waals surface area contributed by atoms with Gasteiger partial charge >= 0.3 is 0 Å². The number of hydrazone groups is 1. The highest BCUT2D eigenvalue weighted by Gasteiger charge is 2.25. The smallest absolute Gasteiger partial charge is 0.293 e. The van der Waals surface area contributed by atoms with Gasteiger partial charge in [0.15, 0.2) is 5.69 Å². The highest BCUT2D eigenvalue weighted by molar-refractivity contribution is 5.94. The Morgan fingerprint density at radius 1 is 1.41 bits per heavy atom. The number of carbonyl (C=O) groups is 1. The van der Waals surface area contributed by atoms with E-state index in [4.69, 9.17) is 10.2 Å². The second-order valence-corrected chi connectivity index (χ2v) is 5.97. The standard InChI is InChI=1S/C16H18N8O3/c1-9(2)13-12(19-23-24(13)15-14(17)21-27-22-15)16(25)20-18-8-10(3)7-11-5-4-6-26-11/h4-9H,1-3H3,(H2,17,21)(H,20,25)/b10-7+,18-8?. The molecule has 11 nitrogen and oxygen atoms in total. The van der Waals surface area contributed by atoms with Gasteiger partial charge < -0.3 is 10.2 Å². The van der Waals surface area contributed by atoms with Gasteiger partial charge in [-0.05, 0) is 46.9 Å². The predicted octanol–water partition coefficient (Wildman–Crippen LogP) is 1.77. The van der Waals surface area contributed by atoms with Gasteiger partial charge in [0.05, 0.1) is 18.2 Å². The molecule has 0 saturated heterocycles. The van der Waals surface area contributed by atoms with Gasteiger partial charge in [0.1, 0.15) is 5.76 Å². The van der Waals surface area contributed by atoms with Crippen LogP contribution in [-0.2, 0) is 0 Å². The van der Waals surface area contributed by atoms with Gasteiger partial charge in [0.2, 0.25) is 11.6 Å². The Kier molecular flexibility index (Phi) is 5.11. The molecule has 3 N–H and O–H groups in total. The maximum atomic E-state index is 12.5. The molecule has 3 aromatic rings. The number of hydrogen-bond acceptors (Lipinski definition) is 9. The van der Waals surface area contributed by atoms with E-state index in [1.807, 2.05) is 26.8 Å². The minimum Gasteiger partial charge on any atom is -0.465 e. The Morgan fingerprint density at radius 3 is 2.85 bits per heavy atom. The zero-order chi connectivity index (χ0) is 19.4. The van der Waals surface area contributed by atoms with Crippen LogP contribution in [0.25, 0.3) is 11.9 Å². The van der Waals surface area contributed by atoms with Gasteiger partial charge in [0, 0.05) is 0 Å². The fourth-order valence-electron chi connectivity index (χ4n) is 2.34. The van der Waals surface area contributed by atoms with Crippen LogP contribution in [0.4, 0.5) is 5.82 Å². The predicted molar refractivity (Wildman–Crippen MR) is 96.0 cm³/mol. The van der Waals surface area contributed by atoms with Crippen molar-refractivity contribution in [3.05, 3.63) is 41.1 Å². The van der Waals surface area contributed by atoms with Crippen molar-refractivity contribution < 1.29 is 13.8 Å². The van der Waals surface area contributed by atoms with E-state index >= 15 is 0 Å². The first kappa shape index (κ1) is 18.0. The zero-order valence-corrected chi connectivity index (χ0v) is 14.9. The van der Waals surface area contributed by atoms with E-state index in [-0.39, 0.29) is 23.2 Å². The molecule has 1 amide bonds. The highest BCUT2D eigenvalue weighted by Crippen LogP contribution is 2.22. The van der Waals surface area contributed by atoms with Crippen LogP contribution in [0.2, 0.25) is 0 Å². The van der Waals surface area contributed by atoms with Crippen LogP contribution in [0.5, 0.6) is 0 Å². The Labute approximate surface area is 153 Å². The Hall–Kier alpha value is -3.76. The molecule has 0 bridgehead atoms. The molecule has 0 aliphatic carbocycles. The second-order valence-electron chi connectivity index (χ2n) is 5.97. The van der Waals surface area contributed by atoms with Crippen molar-refractivity contribution in [3.63, 3.8) is 0 Å². The first-order valence-electron chi connectivity index (χ1n) is 8.06. The number of hydrogen-bond donors (Lipinski definition) is 2. The van der Waals surface area contributed by atoms with E-state index in [0.717, 1.165) is 5.57 Å². The molecule has 0 aromatic carbocycles. The van der Waals surface area contributed by atoms with Gasteiger partial charge in [-0.1, -0.05) is 19.1 Å². The number of furan rings is 1. The molecule has 0 aliphatic heterocycles. The molecule has 0 spiro atoms. The molecule has 3 rings (SSSR count). The third-order valence-corrected chi connectivity index (χ3v) is 3.51. The fraction of sp³-hybridized carbons (Fsp3) is 0.250. The normalized spacial score (nSPS) is 12.2. The van der Waals surface area contributed by atoms with Crippen LogP contribution >= 0.6 is 0 Å². The lowest BCUT2D eigenvalue weighted by Gasteiger charge is -2.08. The van der Waals surface area contributed by atoms with E-state index < -0.39 is 5.91 Å². The Balaban J connectivity index is 1.78. The molecule has 27 heavy (non-hydrogen) atoms. The molecule has 0 saturated carbocycles. The number of nitrogens with zero attached hydrogens (tertiary/aromatic N) is 6. The van der Waals surface area contributed by atoms with Crippen LogP contribution in [0.1, 0.15) is 48.6 Å². The number of nitrogens with one attached hydrogen (secondary N) is 1. The summed E-state index contributed by atoms with van der Waals surface area (Å²) in [5, 5.41) is 19.0. The monoisotopic (exact) mass is 370 g/mol. The van der Waals surface area contributed by atoms with E-state index in [0.29, 0.717) is 11.5 Å². The van der Waals surface area contributed by atoms with Gasteiger partial charge in [-0.15, -0.1) is 5.10 Å². The van der Waals surface area contributed by atoms with Crippen LogP contribution in [-0.4, -0.2) is 37.4 Å². The van der Waals surface area contributed by atoms with E-state index in [1.165, 1.54) is 10.9 Å². The summed E-state index contributed by atoms with van der Waals surface area (Å²) >= 11 is 0. The average Bonchev–Trinajstić information content (AvgIpc) is 3.34. The number of nitrogen functional groups attached to an aromatic ring is 1. The Bertz CT molecular complexity index is 981. The summed E-state index contributed by atoms with van der Waals surface area (Å²) < 4.78 is 11.1. The molecular weight excluding hydrogens is 352 g/mol. The summed E-state index contributed by atoms with van der Waals surface area (Å²) in [6.45, 7) is 5.60. The minimum absolute atomic E-state index is 0.0467. The van der Waals surface area contributed by atoms with E-state index in [1.54, 1.807) is 18.4 Å². The molecule has 0 unspecified atom stereocenters. The molecule has 0 fully saturated rings. The van der Waals surface area contributed by atoms with Crippen LogP contribution in [0.15, 0.2) is 38.1 Å². The largest absolute Gasteiger partial charge is 0.465 e. The number of anilines is 1. The van der Waals surface area contributed by atoms with Gasteiger partial charge in [-0.3, -0.25) is 4.79 Å². The lowest BCUT2D eigenvalue weighted by atomic mass is 10.1. The highest BCUT2D eigenvalue weighted by atomic mass is 16.6. The van der Waals surface area contributed by atoms with Crippen molar-refractivity contribution in [1.82, 2.24) is 30.7 Å². The first-order valence-corrected chi connectivity index (χ1v) is 8.06. The first-order chi connectivity index (χ1) is 13.0. The fourth-order valence-corrected chi connectivity index (χ4v) is 2.34. The van der Waals surface area contributed by atoms with Crippen molar-refractivity contribution in [2.45, 2.75) is 26.7 Å². The number of aromatic nitrogens is 5. The van der Waals surface area contributed by atoms with Crippen molar-refractivity contribution in [1.29, 1.82) is 0 Å². The van der Waals surface area contributed by atoms with Crippen LogP contribution in [0, 0.1) is 0 Å². The number of amides is 1. The van der Waals surface area contributed by atoms with Crippen molar-refractivity contribution in [3.8, 4) is 5.82 Å². The third-order valence-electron chi connectivity index (χ3n) is 3.51. The number of carbonyl (C=O) groups excluding carboxylic acids is 1. The van der Waals surface area contributed by atoms with Crippen LogP contribution < -0.4 is 11.2 Å². The van der Waals surface area contributed by atoms with Crippen molar-refractivity contribution >= 4 is 24.0 Å². The molecule has 3 aromatic heterocycles. The molecule has 11 heteroatoms. The van der Waals surface area contributed by atoms with Gasteiger partial charge in [0.25, 0.3) is 5.91 Å². The molecular formula is C16H18N8O3. The third kappa shape index (κ3) is 3.92. The van der Waals surface area contributed by atoms with Gasteiger partial charge in [-0.2, -0.15) is 9.78 Å². The lowest BCUT2D eigenvalue weighted by molar-refractivity contribution is 0.0948. The summed E-state index contributed by atoms with van der Waals surface area (Å²) in [6, 6.07) is 3.60. The Morgan fingerprint density at radius 2 is 2.22 bits per heavy atom. The summed E-state index contributed by atoms with van der Waals surface area (Å²) in [5.74, 6) is 0.300. The maximum absolute atomic E-state index is 12.5. The maximum Gasteiger partial charge on any atom is 0.293 e. The minimum atomic E-state index is -0.512. The zero-order valence-electron chi connectivity index (χ0n) is 14.9. The SMILES string of the molecule is C/C(C=NNC(=O)c1nnn(-c2nonc2N)c1C(C)C)=C\c1ccco1. The molecule has 3 heterocycles. The van der Waals surface area contributed by atoms with Gasteiger partial charge in [-0.25, -0.2) is 10.1 Å². The molecule has 140 valence electrons. The summed E-state index contributed by atoms with van der Waals surface area (Å²) in [5.41, 5.74) is 9.54. The lowest BCUT2D eigenvalue weighted by Crippen LogP contribution is -2.21. The second kappa shape index (κ2) is 7.64. The average molecular weight is 370 g/mol. The summed E-state index contributed by atoms with van der Waals surface area (Å²) in [6.07, 6.45) is 4.86. The quantitative estimate of drug-likeness (QED) is 0.492. The topological polar surface area (TPSA) is 150 Å².